The lowest BCUT2D eigenvalue weighted by Gasteiger charge is -2.16. The number of nitrogens with one attached hydrogen (secondary N) is 2. The van der Waals surface area contributed by atoms with Crippen LogP contribution in [0.5, 0.6) is 11.5 Å². The normalized spacial score (nSPS) is 12.6. The largest absolute Gasteiger partial charge is 0.485 e. The number of rotatable bonds is 5. The molecule has 1 aromatic heterocycles. The Balaban J connectivity index is 1.76. The van der Waals surface area contributed by atoms with Crippen molar-refractivity contribution in [1.82, 2.24) is 0 Å². The fourth-order valence-electron chi connectivity index (χ4n) is 2.36. The van der Waals surface area contributed by atoms with Gasteiger partial charge >= 0.3 is 0 Å². The first-order chi connectivity index (χ1) is 12.1. The molecule has 0 bridgehead atoms. The summed E-state index contributed by atoms with van der Waals surface area (Å²) < 4.78 is 15.8. The molecule has 1 aliphatic heterocycles. The van der Waals surface area contributed by atoms with Gasteiger partial charge in [-0.05, 0) is 24.6 Å². The van der Waals surface area contributed by atoms with Crippen molar-refractivity contribution in [2.75, 3.05) is 37.6 Å². The first-order valence-electron chi connectivity index (χ1n) is 7.66. The van der Waals surface area contributed by atoms with Gasteiger partial charge in [-0.3, -0.25) is 9.59 Å². The van der Waals surface area contributed by atoms with E-state index in [9.17, 15) is 9.59 Å². The van der Waals surface area contributed by atoms with Crippen LogP contribution >= 0.6 is 11.3 Å². The van der Waals surface area contributed by atoms with Crippen molar-refractivity contribution in [3.05, 3.63) is 34.0 Å². The lowest BCUT2D eigenvalue weighted by Crippen LogP contribution is -2.19. The molecule has 25 heavy (non-hydrogen) atoms. The van der Waals surface area contributed by atoms with Crippen LogP contribution in [0.2, 0.25) is 0 Å². The summed E-state index contributed by atoms with van der Waals surface area (Å²) in [6.45, 7) is 2.74. The van der Waals surface area contributed by atoms with Crippen molar-refractivity contribution in [3.63, 3.8) is 0 Å². The molecule has 0 saturated heterocycles. The smallest absolute Gasteiger partial charge is 0.269 e. The SMILES string of the molecule is COCC(=O)Nc1ccc(C)c(NC(=O)c2scc3c2OCCO3)c1. The maximum Gasteiger partial charge on any atom is 0.269 e. The Morgan fingerprint density at radius 2 is 2.04 bits per heavy atom. The summed E-state index contributed by atoms with van der Waals surface area (Å²) in [4.78, 5) is 24.7. The van der Waals surface area contributed by atoms with Crippen LogP contribution in [0, 0.1) is 6.92 Å². The van der Waals surface area contributed by atoms with Crippen molar-refractivity contribution >= 4 is 34.5 Å². The molecule has 132 valence electrons. The Morgan fingerprint density at radius 1 is 1.24 bits per heavy atom. The van der Waals surface area contributed by atoms with Gasteiger partial charge in [-0.1, -0.05) is 6.07 Å². The van der Waals surface area contributed by atoms with Gasteiger partial charge in [0.2, 0.25) is 5.91 Å². The average Bonchev–Trinajstić information content (AvgIpc) is 3.02. The number of hydrogen-bond donors (Lipinski definition) is 2. The van der Waals surface area contributed by atoms with E-state index in [-0.39, 0.29) is 18.4 Å². The summed E-state index contributed by atoms with van der Waals surface area (Å²) in [5.41, 5.74) is 2.07. The van der Waals surface area contributed by atoms with Crippen LogP contribution in [-0.4, -0.2) is 38.7 Å². The zero-order valence-corrected chi connectivity index (χ0v) is 14.7. The highest BCUT2D eigenvalue weighted by atomic mass is 32.1. The van der Waals surface area contributed by atoms with E-state index in [0.717, 1.165) is 5.56 Å². The fourth-order valence-corrected chi connectivity index (χ4v) is 3.19. The summed E-state index contributed by atoms with van der Waals surface area (Å²) >= 11 is 1.27. The molecular formula is C17H18N2O5S. The van der Waals surface area contributed by atoms with E-state index >= 15 is 0 Å². The lowest BCUT2D eigenvalue weighted by atomic mass is 10.1. The van der Waals surface area contributed by atoms with Gasteiger partial charge in [0.25, 0.3) is 5.91 Å². The molecule has 2 heterocycles. The number of carbonyl (C=O) groups excluding carboxylic acids is 2. The van der Waals surface area contributed by atoms with Crippen molar-refractivity contribution < 1.29 is 23.8 Å². The summed E-state index contributed by atoms with van der Waals surface area (Å²) in [5.74, 6) is 0.538. The second-order valence-corrected chi connectivity index (χ2v) is 6.30. The van der Waals surface area contributed by atoms with Crippen LogP contribution in [0.15, 0.2) is 23.6 Å². The molecule has 7 nitrogen and oxygen atoms in total. The van der Waals surface area contributed by atoms with Gasteiger partial charge in [-0.15, -0.1) is 11.3 Å². The maximum absolute atomic E-state index is 12.6. The maximum atomic E-state index is 12.6. The molecule has 0 fully saturated rings. The van der Waals surface area contributed by atoms with Crippen molar-refractivity contribution in [2.24, 2.45) is 0 Å². The molecular weight excluding hydrogens is 344 g/mol. The number of thiophene rings is 1. The second-order valence-electron chi connectivity index (χ2n) is 5.42. The fraction of sp³-hybridized carbons (Fsp3) is 0.294. The molecule has 8 heteroatoms. The van der Waals surface area contributed by atoms with Crippen LogP contribution in [0.3, 0.4) is 0 Å². The van der Waals surface area contributed by atoms with Gasteiger partial charge in [-0.25, -0.2) is 0 Å². The zero-order chi connectivity index (χ0) is 17.8. The predicted octanol–water partition coefficient (Wildman–Crippen LogP) is 2.66. The van der Waals surface area contributed by atoms with E-state index in [1.807, 2.05) is 13.0 Å². The number of aryl methyl sites for hydroxylation is 1. The Hall–Kier alpha value is -2.58. The number of amides is 2. The summed E-state index contributed by atoms with van der Waals surface area (Å²) in [6, 6.07) is 5.29. The Morgan fingerprint density at radius 3 is 2.84 bits per heavy atom. The minimum Gasteiger partial charge on any atom is -0.485 e. The van der Waals surface area contributed by atoms with E-state index in [0.29, 0.717) is 41.0 Å². The second kappa shape index (κ2) is 7.54. The molecule has 0 aliphatic carbocycles. The number of ether oxygens (including phenoxy) is 3. The highest BCUT2D eigenvalue weighted by molar-refractivity contribution is 7.13. The van der Waals surface area contributed by atoms with Crippen LogP contribution in [-0.2, 0) is 9.53 Å². The predicted molar refractivity (Wildman–Crippen MR) is 94.9 cm³/mol. The molecule has 3 rings (SSSR count). The number of benzene rings is 1. The van der Waals surface area contributed by atoms with Crippen LogP contribution in [0.1, 0.15) is 15.2 Å². The van der Waals surface area contributed by atoms with E-state index in [1.165, 1.54) is 18.4 Å². The van der Waals surface area contributed by atoms with Gasteiger partial charge in [0.15, 0.2) is 11.5 Å². The Labute approximate surface area is 148 Å². The van der Waals surface area contributed by atoms with Gasteiger partial charge in [0.1, 0.15) is 24.7 Å². The first kappa shape index (κ1) is 17.2. The van der Waals surface area contributed by atoms with E-state index in [4.69, 9.17) is 14.2 Å². The molecule has 0 atom stereocenters. The molecule has 0 radical (unpaired) electrons. The lowest BCUT2D eigenvalue weighted by molar-refractivity contribution is -0.119. The Kier molecular flexibility index (Phi) is 5.20. The van der Waals surface area contributed by atoms with Gasteiger partial charge < -0.3 is 24.8 Å². The highest BCUT2D eigenvalue weighted by Gasteiger charge is 2.23. The monoisotopic (exact) mass is 362 g/mol. The topological polar surface area (TPSA) is 85.9 Å². The Bertz CT molecular complexity index is 802. The molecule has 0 saturated carbocycles. The van der Waals surface area contributed by atoms with Gasteiger partial charge in [-0.2, -0.15) is 0 Å². The third kappa shape index (κ3) is 3.92. The van der Waals surface area contributed by atoms with Crippen LogP contribution in [0.4, 0.5) is 11.4 Å². The molecule has 0 spiro atoms. The number of hydrogen-bond acceptors (Lipinski definition) is 6. The third-order valence-corrected chi connectivity index (χ3v) is 4.49. The van der Waals surface area contributed by atoms with Crippen molar-refractivity contribution in [1.29, 1.82) is 0 Å². The number of carbonyl (C=O) groups is 2. The van der Waals surface area contributed by atoms with Crippen molar-refractivity contribution in [2.45, 2.75) is 6.92 Å². The van der Waals surface area contributed by atoms with Crippen LogP contribution in [0.25, 0.3) is 0 Å². The molecule has 1 aromatic carbocycles. The molecule has 2 aromatic rings. The summed E-state index contributed by atoms with van der Waals surface area (Å²) in [7, 11) is 1.45. The quantitative estimate of drug-likeness (QED) is 0.854. The van der Waals surface area contributed by atoms with Gasteiger partial charge in [0, 0.05) is 23.9 Å². The number of methoxy groups -OCH3 is 1. The summed E-state index contributed by atoms with van der Waals surface area (Å²) in [6.07, 6.45) is 0. The molecule has 2 amide bonds. The minimum atomic E-state index is -0.278. The van der Waals surface area contributed by atoms with Crippen LogP contribution < -0.4 is 20.1 Å². The molecule has 2 N–H and O–H groups in total. The third-order valence-electron chi connectivity index (χ3n) is 3.55. The van der Waals surface area contributed by atoms with E-state index in [1.54, 1.807) is 17.5 Å². The standard InChI is InChI=1S/C17H18N2O5S/c1-10-3-4-11(18-14(20)8-22-2)7-12(10)19-17(21)16-15-13(9-25-16)23-5-6-24-15/h3-4,7,9H,5-6,8H2,1-2H3,(H,18,20)(H,19,21). The van der Waals surface area contributed by atoms with Gasteiger partial charge in [0.05, 0.1) is 0 Å². The van der Waals surface area contributed by atoms with E-state index in [2.05, 4.69) is 10.6 Å². The summed E-state index contributed by atoms with van der Waals surface area (Å²) in [5, 5.41) is 7.33. The van der Waals surface area contributed by atoms with E-state index < -0.39 is 0 Å². The molecule has 1 aliphatic rings. The molecule has 0 unspecified atom stereocenters. The van der Waals surface area contributed by atoms with Crippen molar-refractivity contribution in [3.8, 4) is 11.5 Å². The highest BCUT2D eigenvalue weighted by Crippen LogP contribution is 2.39. The first-order valence-corrected chi connectivity index (χ1v) is 8.54. The minimum absolute atomic E-state index is 0.0335. The number of anilines is 2. The average molecular weight is 362 g/mol. The zero-order valence-electron chi connectivity index (χ0n) is 13.9. The number of fused-ring (bicyclic) bond motifs is 1.